The van der Waals surface area contributed by atoms with Gasteiger partial charge in [0.2, 0.25) is 10.0 Å². The molecule has 0 saturated heterocycles. The topological polar surface area (TPSA) is 66.4 Å². The second kappa shape index (κ2) is 6.65. The van der Waals surface area contributed by atoms with Crippen LogP contribution in [-0.2, 0) is 16.6 Å². The van der Waals surface area contributed by atoms with Gasteiger partial charge in [0.15, 0.2) is 0 Å². The molecule has 2 atom stereocenters. The summed E-state index contributed by atoms with van der Waals surface area (Å²) in [6.07, 6.45) is 0.841. The summed E-state index contributed by atoms with van der Waals surface area (Å²) in [4.78, 5) is -0.114. The van der Waals surface area contributed by atoms with Crippen molar-refractivity contribution in [1.82, 2.24) is 4.72 Å². The Kier molecular flexibility index (Phi) is 5.68. The lowest BCUT2D eigenvalue weighted by atomic mass is 10.0. The van der Waals surface area contributed by atoms with Crippen molar-refractivity contribution in [2.75, 3.05) is 0 Å². The van der Waals surface area contributed by atoms with Crippen molar-refractivity contribution in [3.63, 3.8) is 0 Å². The fraction of sp³-hybridized carbons (Fsp3) is 0.571. The Balaban J connectivity index is 3.19. The van der Waals surface area contributed by atoms with E-state index >= 15 is 0 Å². The van der Waals surface area contributed by atoms with E-state index in [4.69, 9.17) is 5.11 Å². The predicted octanol–water partition coefficient (Wildman–Crippen LogP) is 2.34. The summed E-state index contributed by atoms with van der Waals surface area (Å²) in [7, 11) is -3.80. The molecule has 0 bridgehead atoms. The standard InChI is InChI=1S/C14H22FNO3S/c1-5-9(2)11(4)16-20(18,19)14-7-12(8-17)6-13(15)10(14)3/h6-7,9,11,16-17H,5,8H2,1-4H3. The molecule has 0 heterocycles. The first-order valence-electron chi connectivity index (χ1n) is 6.65. The average molecular weight is 303 g/mol. The molecule has 0 aliphatic rings. The highest BCUT2D eigenvalue weighted by atomic mass is 32.2. The molecule has 0 saturated carbocycles. The first-order chi connectivity index (χ1) is 9.22. The molecule has 0 radical (unpaired) electrons. The van der Waals surface area contributed by atoms with Crippen LogP contribution in [0.3, 0.4) is 0 Å². The SMILES string of the molecule is CCC(C)C(C)NS(=O)(=O)c1cc(CO)cc(F)c1C. The molecule has 0 fully saturated rings. The van der Waals surface area contributed by atoms with Crippen LogP contribution in [0, 0.1) is 18.7 Å². The number of sulfonamides is 1. The monoisotopic (exact) mass is 303 g/mol. The summed E-state index contributed by atoms with van der Waals surface area (Å²) in [6.45, 7) is 6.73. The van der Waals surface area contributed by atoms with Crippen LogP contribution in [-0.4, -0.2) is 19.6 Å². The van der Waals surface area contributed by atoms with Crippen molar-refractivity contribution in [3.8, 4) is 0 Å². The molecule has 0 amide bonds. The fourth-order valence-electron chi connectivity index (χ4n) is 1.86. The van der Waals surface area contributed by atoms with Crippen LogP contribution in [0.4, 0.5) is 4.39 Å². The van der Waals surface area contributed by atoms with Gasteiger partial charge in [-0.2, -0.15) is 0 Å². The quantitative estimate of drug-likeness (QED) is 0.847. The number of rotatable bonds is 6. The smallest absolute Gasteiger partial charge is 0.241 e. The van der Waals surface area contributed by atoms with E-state index in [2.05, 4.69) is 4.72 Å². The van der Waals surface area contributed by atoms with E-state index in [0.717, 1.165) is 12.5 Å². The van der Waals surface area contributed by atoms with Gasteiger partial charge in [0.05, 0.1) is 11.5 Å². The average Bonchev–Trinajstić information content (AvgIpc) is 2.39. The lowest BCUT2D eigenvalue weighted by Crippen LogP contribution is -2.37. The Bertz CT molecular complexity index is 572. The third-order valence-corrected chi connectivity index (χ3v) is 5.35. The van der Waals surface area contributed by atoms with Crippen molar-refractivity contribution in [2.45, 2.75) is 51.7 Å². The zero-order valence-electron chi connectivity index (χ0n) is 12.3. The highest BCUT2D eigenvalue weighted by Gasteiger charge is 2.24. The number of benzene rings is 1. The molecule has 0 spiro atoms. The molecule has 4 nitrogen and oxygen atoms in total. The molecule has 20 heavy (non-hydrogen) atoms. The first kappa shape index (κ1) is 17.1. The van der Waals surface area contributed by atoms with Gasteiger partial charge in [0.1, 0.15) is 5.82 Å². The van der Waals surface area contributed by atoms with Gasteiger partial charge in [0.25, 0.3) is 0 Å². The zero-order valence-corrected chi connectivity index (χ0v) is 13.1. The molecule has 0 aromatic heterocycles. The summed E-state index contributed by atoms with van der Waals surface area (Å²) in [5.41, 5.74) is 0.302. The van der Waals surface area contributed by atoms with Crippen LogP contribution in [0.25, 0.3) is 0 Å². The fourth-order valence-corrected chi connectivity index (χ4v) is 3.51. The van der Waals surface area contributed by atoms with E-state index in [9.17, 15) is 12.8 Å². The molecule has 0 aliphatic heterocycles. The van der Waals surface area contributed by atoms with E-state index in [1.165, 1.54) is 13.0 Å². The second-order valence-corrected chi connectivity index (χ2v) is 6.84. The predicted molar refractivity (Wildman–Crippen MR) is 76.3 cm³/mol. The highest BCUT2D eigenvalue weighted by Crippen LogP contribution is 2.22. The minimum atomic E-state index is -3.80. The minimum absolute atomic E-state index is 0.0612. The molecule has 2 unspecified atom stereocenters. The Morgan fingerprint density at radius 1 is 1.35 bits per heavy atom. The van der Waals surface area contributed by atoms with E-state index in [1.807, 2.05) is 13.8 Å². The van der Waals surface area contributed by atoms with E-state index < -0.39 is 22.4 Å². The summed E-state index contributed by atoms with van der Waals surface area (Å²) in [5.74, 6) is -0.455. The lowest BCUT2D eigenvalue weighted by molar-refractivity contribution is 0.281. The van der Waals surface area contributed by atoms with Gasteiger partial charge in [-0.15, -0.1) is 0 Å². The normalized spacial score (nSPS) is 15.1. The van der Waals surface area contributed by atoms with E-state index in [-0.39, 0.29) is 28.0 Å². The highest BCUT2D eigenvalue weighted by molar-refractivity contribution is 7.89. The largest absolute Gasteiger partial charge is 0.392 e. The van der Waals surface area contributed by atoms with E-state index in [1.54, 1.807) is 6.92 Å². The van der Waals surface area contributed by atoms with Gasteiger partial charge in [0, 0.05) is 11.6 Å². The van der Waals surface area contributed by atoms with Gasteiger partial charge in [-0.25, -0.2) is 17.5 Å². The molecule has 1 aromatic carbocycles. The molecule has 6 heteroatoms. The second-order valence-electron chi connectivity index (χ2n) is 5.15. The van der Waals surface area contributed by atoms with Crippen LogP contribution >= 0.6 is 0 Å². The maximum atomic E-state index is 13.7. The van der Waals surface area contributed by atoms with Crippen LogP contribution in [0.1, 0.15) is 38.3 Å². The third-order valence-electron chi connectivity index (χ3n) is 3.67. The summed E-state index contributed by atoms with van der Waals surface area (Å²) in [5, 5.41) is 9.07. The maximum Gasteiger partial charge on any atom is 0.241 e. The molecular weight excluding hydrogens is 281 g/mol. The molecule has 2 N–H and O–H groups in total. The minimum Gasteiger partial charge on any atom is -0.392 e. The Morgan fingerprint density at radius 2 is 1.95 bits per heavy atom. The lowest BCUT2D eigenvalue weighted by Gasteiger charge is -2.20. The molecule has 0 aliphatic carbocycles. The molecule has 1 aromatic rings. The molecule has 1 rings (SSSR count). The number of aliphatic hydroxyl groups is 1. The maximum absolute atomic E-state index is 13.7. The van der Waals surface area contributed by atoms with Gasteiger partial charge in [-0.1, -0.05) is 20.3 Å². The van der Waals surface area contributed by atoms with Gasteiger partial charge < -0.3 is 5.11 Å². The number of aliphatic hydroxyl groups excluding tert-OH is 1. The third kappa shape index (κ3) is 3.77. The summed E-state index contributed by atoms with van der Waals surface area (Å²) in [6, 6.07) is 2.21. The zero-order chi connectivity index (χ0) is 15.5. The van der Waals surface area contributed by atoms with Crippen LogP contribution in [0.5, 0.6) is 0 Å². The first-order valence-corrected chi connectivity index (χ1v) is 8.13. The van der Waals surface area contributed by atoms with Gasteiger partial charge in [-0.05, 0) is 37.5 Å². The number of halogens is 1. The number of nitrogens with one attached hydrogen (secondary N) is 1. The number of hydrogen-bond donors (Lipinski definition) is 2. The Labute approximate surface area is 120 Å². The van der Waals surface area contributed by atoms with Crippen LogP contribution in [0.2, 0.25) is 0 Å². The van der Waals surface area contributed by atoms with Crippen molar-refractivity contribution >= 4 is 10.0 Å². The summed E-state index contributed by atoms with van der Waals surface area (Å²) >= 11 is 0. The van der Waals surface area contributed by atoms with Crippen LogP contribution < -0.4 is 4.72 Å². The van der Waals surface area contributed by atoms with Crippen molar-refractivity contribution in [1.29, 1.82) is 0 Å². The van der Waals surface area contributed by atoms with Crippen LogP contribution in [0.15, 0.2) is 17.0 Å². The molecule has 114 valence electrons. The van der Waals surface area contributed by atoms with Crippen molar-refractivity contribution < 1.29 is 17.9 Å². The van der Waals surface area contributed by atoms with E-state index in [0.29, 0.717) is 0 Å². The van der Waals surface area contributed by atoms with Gasteiger partial charge >= 0.3 is 0 Å². The summed E-state index contributed by atoms with van der Waals surface area (Å²) < 4.78 is 41.0. The van der Waals surface area contributed by atoms with Gasteiger partial charge in [-0.3, -0.25) is 0 Å². The Hall–Kier alpha value is -0.980. The Morgan fingerprint density at radius 3 is 2.45 bits per heavy atom. The number of hydrogen-bond acceptors (Lipinski definition) is 3. The van der Waals surface area contributed by atoms with Crippen molar-refractivity contribution in [2.24, 2.45) is 5.92 Å². The molecular formula is C14H22FNO3S. The van der Waals surface area contributed by atoms with Crippen molar-refractivity contribution in [3.05, 3.63) is 29.1 Å².